The van der Waals surface area contributed by atoms with Crippen LogP contribution in [0.5, 0.6) is 5.75 Å². The van der Waals surface area contributed by atoms with E-state index in [1.54, 1.807) is 30.3 Å². The molecule has 4 aromatic rings. The topological polar surface area (TPSA) is 398 Å². The second kappa shape index (κ2) is 39.4. The van der Waals surface area contributed by atoms with Crippen molar-refractivity contribution < 1.29 is 103 Å². The molecule has 3 aliphatic rings. The van der Waals surface area contributed by atoms with E-state index in [1.807, 2.05) is 24.3 Å². The van der Waals surface area contributed by atoms with Crippen molar-refractivity contribution in [1.82, 2.24) is 14.9 Å². The number of ketones is 2. The van der Waals surface area contributed by atoms with Crippen LogP contribution in [0, 0.1) is 0 Å². The van der Waals surface area contributed by atoms with Crippen molar-refractivity contribution in [2.24, 2.45) is 0 Å². The average Bonchev–Trinajstić information content (AvgIpc) is 1.60. The fourth-order valence-corrected chi connectivity index (χ4v) is 15.4. The number of amides is 1. The molecule has 0 saturated carbocycles. The Hall–Kier alpha value is -7.02. The number of Topliss-reactive ketones (excluding diaryl/α,β-unsaturated/α-hetero) is 2. The highest BCUT2D eigenvalue weighted by Gasteiger charge is 2.46. The van der Waals surface area contributed by atoms with Crippen LogP contribution in [-0.4, -0.2) is 144 Å². The van der Waals surface area contributed by atoms with Crippen molar-refractivity contribution >= 4 is 86.9 Å². The third kappa shape index (κ3) is 25.3. The van der Waals surface area contributed by atoms with E-state index in [1.165, 1.54) is 47.5 Å². The van der Waals surface area contributed by atoms with Crippen molar-refractivity contribution in [2.45, 2.75) is 147 Å². The Balaban J connectivity index is 0.836. The van der Waals surface area contributed by atoms with Gasteiger partial charge in [0.15, 0.2) is 17.8 Å². The maximum absolute atomic E-state index is 13.5. The summed E-state index contributed by atoms with van der Waals surface area (Å²) < 4.78 is 111. The molecule has 5 unspecified atom stereocenters. The van der Waals surface area contributed by atoms with Gasteiger partial charge >= 0.3 is 29.2 Å². The summed E-state index contributed by atoms with van der Waals surface area (Å²) in [7, 11) is -17.0. The zero-order valence-electron chi connectivity index (χ0n) is 58.5. The van der Waals surface area contributed by atoms with Crippen LogP contribution >= 0.6 is 23.5 Å². The predicted molar refractivity (Wildman–Crippen MR) is 388 cm³/mol. The summed E-state index contributed by atoms with van der Waals surface area (Å²) in [5.41, 5.74) is 12.3. The Morgan fingerprint density at radius 3 is 2.35 bits per heavy atom. The summed E-state index contributed by atoms with van der Waals surface area (Å²) in [5, 5.41) is 2.65. The average molecular weight is 1510 g/mol. The Kier molecular flexibility index (Phi) is 31.8. The summed E-state index contributed by atoms with van der Waals surface area (Å²) in [4.78, 5) is 96.2. The smallest absolute Gasteiger partial charge is 0.490 e. The molecule has 0 aliphatic carbocycles. The summed E-state index contributed by atoms with van der Waals surface area (Å²) in [6, 6.07) is 20.8. The standard InChI is InChI=1S/C70H94N7O22P3S/c1-8-11-22-38-75-57-30-21-20-29-55(57)69(4,5)62(75)32-18-15-19-33-63-70(6,7)56-43-52(74-103(89)90)34-35-58(56)76(63)39-36-53(78)27-16-13-12-14-17-31-59(79)50-25-23-28-54(42-50)93-48-66(92-41-10-3)94-47-64(80)72-37-24-26-51-45-77(68(81)73-67(51)71)65-44-60(95-49-91-40-9-2)61(97-65)46-96-101(85,86)99-102(87,88)98-100(82,83)84/h9-10,15,18-21,23-26,28-30,32-35,42-43,45,60-61,65-66,74H,2-3,8,11-14,16-17,22,27,31,36-41,44,46-49H2,1,4-7H3,(H7-,71,72,73,80,81,82,83,84,85,86,87,88,89,90)/b26-24+/t60?,61-,65-,66?/m1/s1. The first-order chi connectivity index (χ1) is 48.9. The molecule has 4 heterocycles. The van der Waals surface area contributed by atoms with Crippen molar-refractivity contribution in [3.05, 3.63) is 173 Å². The highest BCUT2D eigenvalue weighted by atomic mass is 32.2. The maximum atomic E-state index is 13.5. The number of anilines is 3. The number of benzene rings is 3. The van der Waals surface area contributed by atoms with E-state index >= 15 is 0 Å². The minimum Gasteiger partial charge on any atom is -0.755 e. The van der Waals surface area contributed by atoms with E-state index in [0.717, 1.165) is 73.0 Å². The molecule has 1 saturated heterocycles. The number of ether oxygens (including phenoxy) is 6. The van der Waals surface area contributed by atoms with Gasteiger partial charge in [0.2, 0.25) is 11.6 Å². The number of carbonyl (C=O) groups excluding carboxylic acids is 3. The number of nitrogens with two attached hydrogens (primary N) is 1. The monoisotopic (exact) mass is 1510 g/mol. The van der Waals surface area contributed by atoms with E-state index in [9.17, 15) is 51.4 Å². The van der Waals surface area contributed by atoms with E-state index in [0.29, 0.717) is 49.2 Å². The first-order valence-electron chi connectivity index (χ1n) is 33.7. The van der Waals surface area contributed by atoms with Crippen molar-refractivity contribution in [3.63, 3.8) is 0 Å². The van der Waals surface area contributed by atoms with Crippen molar-refractivity contribution in [3.8, 4) is 5.75 Å². The molecule has 0 radical (unpaired) electrons. The minimum atomic E-state index is -5.82. The number of nitrogens with zero attached hydrogens (tertiary/aromatic N) is 4. The number of nitrogen functional groups attached to an aromatic ring is 1. The van der Waals surface area contributed by atoms with E-state index in [2.05, 4.69) is 123 Å². The number of para-hydroxylation sites is 1. The minimum absolute atomic E-state index is 0.0532. The van der Waals surface area contributed by atoms with Crippen molar-refractivity contribution in [2.75, 3.05) is 74.8 Å². The van der Waals surface area contributed by atoms with Crippen LogP contribution in [0.2, 0.25) is 0 Å². The SMILES string of the molecule is C=CCOCOC1C[C@H](n2cc(/C=C/CNC(=O)COC(COc3cccc(C(=O)CCCCCCCC(=O)CCN4\C(=C/C=C/C=C/C5=[N+](CCCCC)c6ccccc6C5(C)C)C(C)(C)c5cc(NS(=O)[O-])ccc54)c3)OCC=C)c(N)nc2=O)O[C@@H]1COP(=O)(O)OP(=O)(O)OP(=O)(O)O. The van der Waals surface area contributed by atoms with Crippen LogP contribution in [0.1, 0.15) is 145 Å². The normalized spacial score (nSPS) is 19.2. The number of hydrogen-bond acceptors (Lipinski definition) is 21. The van der Waals surface area contributed by atoms with Crippen molar-refractivity contribution in [1.29, 1.82) is 0 Å². The lowest BCUT2D eigenvalue weighted by molar-refractivity contribution is -0.438. The van der Waals surface area contributed by atoms with Gasteiger partial charge in [0.1, 0.15) is 56.2 Å². The van der Waals surface area contributed by atoms with Gasteiger partial charge in [-0.3, -0.25) is 27.7 Å². The van der Waals surface area contributed by atoms with Crippen LogP contribution in [0.3, 0.4) is 0 Å². The van der Waals surface area contributed by atoms with E-state index < -0.39 is 89.7 Å². The zero-order valence-corrected chi connectivity index (χ0v) is 62.0. The van der Waals surface area contributed by atoms with Crippen LogP contribution in [0.4, 0.5) is 22.9 Å². The van der Waals surface area contributed by atoms with Gasteiger partial charge in [0.05, 0.1) is 31.3 Å². The number of carbonyl (C=O) groups is 3. The Morgan fingerprint density at radius 2 is 1.61 bits per heavy atom. The number of fused-ring (bicyclic) bond motifs is 2. The van der Waals surface area contributed by atoms with Gasteiger partial charge in [-0.2, -0.15) is 18.2 Å². The van der Waals surface area contributed by atoms with E-state index in [-0.39, 0.29) is 67.9 Å². The molecule has 103 heavy (non-hydrogen) atoms. The van der Waals surface area contributed by atoms with Gasteiger partial charge < -0.3 is 73.2 Å². The number of aromatic nitrogens is 2. The molecule has 1 amide bonds. The number of allylic oxidation sites excluding steroid dienone is 6. The second-order valence-corrected chi connectivity index (χ2v) is 30.5. The van der Waals surface area contributed by atoms with Gasteiger partial charge in [-0.25, -0.2) is 18.5 Å². The summed E-state index contributed by atoms with van der Waals surface area (Å²) in [6.45, 7) is 17.8. The Bertz CT molecular complexity index is 4020. The van der Waals surface area contributed by atoms with Gasteiger partial charge in [0.25, 0.3) is 0 Å². The number of rotatable bonds is 46. The quantitative estimate of drug-likeness (QED) is 0.00316. The molecule has 0 spiro atoms. The third-order valence-electron chi connectivity index (χ3n) is 17.1. The molecule has 0 bridgehead atoms. The lowest BCUT2D eigenvalue weighted by atomic mass is 9.81. The molecule has 33 heteroatoms. The molecule has 1 fully saturated rings. The number of phosphoric acid groups is 3. The molecule has 3 aliphatic heterocycles. The molecule has 29 nitrogen and oxygen atoms in total. The molecule has 7 rings (SSSR count). The number of phosphoric ester groups is 1. The Labute approximate surface area is 602 Å². The number of hydrogen-bond donors (Lipinski definition) is 7. The lowest BCUT2D eigenvalue weighted by Gasteiger charge is -2.27. The predicted octanol–water partition coefficient (Wildman–Crippen LogP) is 10.9. The lowest BCUT2D eigenvalue weighted by Crippen LogP contribution is -2.33. The first kappa shape index (κ1) is 83.3. The highest BCUT2D eigenvalue weighted by Crippen LogP contribution is 2.66. The molecular formula is C70H94N7O22P3S. The third-order valence-corrected chi connectivity index (χ3v) is 21.3. The molecule has 7 atom stereocenters. The highest BCUT2D eigenvalue weighted by molar-refractivity contribution is 7.80. The molecule has 8 N–H and O–H groups in total. The first-order valence-corrected chi connectivity index (χ1v) is 39.3. The summed E-state index contributed by atoms with van der Waals surface area (Å²) in [6.07, 6.45) is 21.3. The van der Waals surface area contributed by atoms with E-state index in [4.69, 9.17) is 48.5 Å². The van der Waals surface area contributed by atoms with Gasteiger partial charge in [-0.05, 0) is 75.1 Å². The van der Waals surface area contributed by atoms with Crippen LogP contribution in [0.25, 0.3) is 6.08 Å². The fraction of sp³-hybridized carbons (Fsp3) is 0.457. The molecule has 1 aromatic heterocycles. The largest absolute Gasteiger partial charge is 0.755 e. The van der Waals surface area contributed by atoms with Gasteiger partial charge in [0, 0.05) is 114 Å². The summed E-state index contributed by atoms with van der Waals surface area (Å²) in [5.74, 6) is -0.286. The number of unbranched alkanes of at least 4 members (excludes halogenated alkanes) is 6. The van der Waals surface area contributed by atoms with Crippen LogP contribution in [-0.2, 0) is 82.2 Å². The van der Waals surface area contributed by atoms with Crippen LogP contribution in [0.15, 0.2) is 145 Å². The zero-order chi connectivity index (χ0) is 75.0. The maximum Gasteiger partial charge on any atom is 0.490 e. The Morgan fingerprint density at radius 1 is 0.864 bits per heavy atom. The van der Waals surface area contributed by atoms with Crippen LogP contribution < -0.4 is 31.1 Å². The molecule has 3 aromatic carbocycles. The summed E-state index contributed by atoms with van der Waals surface area (Å²) >= 11 is -2.50. The van der Waals surface area contributed by atoms with Gasteiger partial charge in [-0.1, -0.05) is 119 Å². The fourth-order valence-electron chi connectivity index (χ4n) is 12.1. The van der Waals surface area contributed by atoms with Gasteiger partial charge in [-0.15, -0.1) is 13.2 Å². The number of nitrogens with one attached hydrogen (secondary N) is 2. The second-order valence-electron chi connectivity index (χ2n) is 25.4. The molecular weight excluding hydrogens is 1420 g/mol. The molecule has 562 valence electrons.